The van der Waals surface area contributed by atoms with Gasteiger partial charge in [-0.25, -0.2) is 4.98 Å². The minimum absolute atomic E-state index is 0.109. The zero-order valence-electron chi connectivity index (χ0n) is 11.9. The molecule has 108 valence electrons. The van der Waals surface area contributed by atoms with Gasteiger partial charge in [0.25, 0.3) is 0 Å². The molecule has 1 aromatic heterocycles. The van der Waals surface area contributed by atoms with Crippen LogP contribution < -0.4 is 5.32 Å². The van der Waals surface area contributed by atoms with Crippen LogP contribution in [0.2, 0.25) is 0 Å². The summed E-state index contributed by atoms with van der Waals surface area (Å²) < 4.78 is 1.85. The van der Waals surface area contributed by atoms with Gasteiger partial charge in [0.05, 0.1) is 6.61 Å². The quantitative estimate of drug-likeness (QED) is 0.763. The number of benzene rings is 1. The highest BCUT2D eigenvalue weighted by atomic mass is 16.3. The summed E-state index contributed by atoms with van der Waals surface area (Å²) in [6.07, 6.45) is 5.34. The Hall–Kier alpha value is -1.72. The summed E-state index contributed by atoms with van der Waals surface area (Å²) in [7, 11) is 0. The number of aryl methyl sites for hydroxylation is 1. The van der Waals surface area contributed by atoms with Crippen LogP contribution in [0.15, 0.2) is 36.9 Å². The molecule has 2 aromatic rings. The number of rotatable bonds is 8. The second kappa shape index (κ2) is 7.77. The first-order valence-electron chi connectivity index (χ1n) is 7.02. The highest BCUT2D eigenvalue weighted by Gasteiger charge is 2.02. The molecule has 5 heteroatoms. The predicted molar refractivity (Wildman–Crippen MR) is 78.2 cm³/mol. The number of hydrogen-bond acceptors (Lipinski definition) is 4. The molecule has 1 atom stereocenters. The molecule has 0 radical (unpaired) electrons. The summed E-state index contributed by atoms with van der Waals surface area (Å²) in [6.45, 7) is 4.14. The van der Waals surface area contributed by atoms with Crippen LogP contribution in [0.5, 0.6) is 0 Å². The van der Waals surface area contributed by atoms with E-state index < -0.39 is 0 Å². The van der Waals surface area contributed by atoms with E-state index in [2.05, 4.69) is 34.5 Å². The summed E-state index contributed by atoms with van der Waals surface area (Å²) in [5, 5.41) is 16.6. The Morgan fingerprint density at radius 3 is 2.65 bits per heavy atom. The average Bonchev–Trinajstić information content (AvgIpc) is 2.99. The second-order valence-electron chi connectivity index (χ2n) is 5.03. The fourth-order valence-corrected chi connectivity index (χ4v) is 2.05. The third-order valence-corrected chi connectivity index (χ3v) is 3.37. The Morgan fingerprint density at radius 2 is 2.00 bits per heavy atom. The molecule has 0 aliphatic heterocycles. The van der Waals surface area contributed by atoms with Crippen molar-refractivity contribution in [3.05, 3.63) is 48.0 Å². The molecule has 0 saturated carbocycles. The van der Waals surface area contributed by atoms with Gasteiger partial charge in [-0.15, -0.1) is 0 Å². The SMILES string of the molecule is CC(CCn1cncn1)NCCc1ccc(CO)cc1. The summed E-state index contributed by atoms with van der Waals surface area (Å²) in [5.41, 5.74) is 2.25. The van der Waals surface area contributed by atoms with E-state index in [1.165, 1.54) is 5.56 Å². The lowest BCUT2D eigenvalue weighted by atomic mass is 10.1. The molecule has 5 nitrogen and oxygen atoms in total. The molecule has 2 rings (SSSR count). The van der Waals surface area contributed by atoms with Gasteiger partial charge in [-0.1, -0.05) is 24.3 Å². The molecule has 0 spiro atoms. The Bertz CT molecular complexity index is 481. The molecule has 20 heavy (non-hydrogen) atoms. The Morgan fingerprint density at radius 1 is 1.25 bits per heavy atom. The van der Waals surface area contributed by atoms with Crippen molar-refractivity contribution in [2.24, 2.45) is 0 Å². The Labute approximate surface area is 119 Å². The van der Waals surface area contributed by atoms with E-state index >= 15 is 0 Å². The first kappa shape index (κ1) is 14.7. The fourth-order valence-electron chi connectivity index (χ4n) is 2.05. The molecule has 0 bridgehead atoms. The molecule has 1 aromatic carbocycles. The molecule has 1 unspecified atom stereocenters. The van der Waals surface area contributed by atoms with E-state index in [1.807, 2.05) is 16.8 Å². The normalized spacial score (nSPS) is 12.5. The standard InChI is InChI=1S/C15H22N4O/c1-13(7-9-19-12-16-11-18-19)17-8-6-14-2-4-15(10-20)5-3-14/h2-5,11-13,17,20H,6-10H2,1H3. The number of nitrogens with zero attached hydrogens (tertiary/aromatic N) is 3. The molecule has 0 fully saturated rings. The van der Waals surface area contributed by atoms with E-state index in [4.69, 9.17) is 5.11 Å². The van der Waals surface area contributed by atoms with Crippen molar-refractivity contribution >= 4 is 0 Å². The monoisotopic (exact) mass is 274 g/mol. The molecule has 0 aliphatic carbocycles. The third kappa shape index (κ3) is 4.75. The Balaban J connectivity index is 1.64. The number of aliphatic hydroxyl groups excluding tert-OH is 1. The molecular formula is C15H22N4O. The Kier molecular flexibility index (Phi) is 5.70. The lowest BCUT2D eigenvalue weighted by Crippen LogP contribution is -2.29. The van der Waals surface area contributed by atoms with Crippen molar-refractivity contribution in [1.29, 1.82) is 0 Å². The smallest absolute Gasteiger partial charge is 0.137 e. The van der Waals surface area contributed by atoms with Crippen LogP contribution in [-0.2, 0) is 19.6 Å². The van der Waals surface area contributed by atoms with Crippen molar-refractivity contribution in [2.45, 2.75) is 39.0 Å². The van der Waals surface area contributed by atoms with Gasteiger partial charge in [0.1, 0.15) is 12.7 Å². The maximum Gasteiger partial charge on any atom is 0.137 e. The lowest BCUT2D eigenvalue weighted by Gasteiger charge is -2.13. The minimum Gasteiger partial charge on any atom is -0.392 e. The molecular weight excluding hydrogens is 252 g/mol. The first-order chi connectivity index (χ1) is 9.78. The van der Waals surface area contributed by atoms with Crippen molar-refractivity contribution in [1.82, 2.24) is 20.1 Å². The van der Waals surface area contributed by atoms with Gasteiger partial charge in [0, 0.05) is 12.6 Å². The van der Waals surface area contributed by atoms with Crippen molar-refractivity contribution in [3.8, 4) is 0 Å². The van der Waals surface area contributed by atoms with Gasteiger partial charge < -0.3 is 10.4 Å². The van der Waals surface area contributed by atoms with Gasteiger partial charge in [0.2, 0.25) is 0 Å². The predicted octanol–water partition coefficient (Wildman–Crippen LogP) is 1.38. The first-order valence-corrected chi connectivity index (χ1v) is 7.02. The van der Waals surface area contributed by atoms with Crippen molar-refractivity contribution in [3.63, 3.8) is 0 Å². The molecule has 0 saturated heterocycles. The van der Waals surface area contributed by atoms with Crippen LogP contribution in [0.4, 0.5) is 0 Å². The molecule has 1 heterocycles. The van der Waals surface area contributed by atoms with Gasteiger partial charge in [-0.2, -0.15) is 5.10 Å². The highest BCUT2D eigenvalue weighted by molar-refractivity contribution is 5.22. The van der Waals surface area contributed by atoms with Crippen LogP contribution in [0.25, 0.3) is 0 Å². The minimum atomic E-state index is 0.109. The second-order valence-corrected chi connectivity index (χ2v) is 5.03. The zero-order chi connectivity index (χ0) is 14.2. The third-order valence-electron chi connectivity index (χ3n) is 3.37. The largest absolute Gasteiger partial charge is 0.392 e. The number of aromatic nitrogens is 3. The number of nitrogens with one attached hydrogen (secondary N) is 1. The van der Waals surface area contributed by atoms with Gasteiger partial charge >= 0.3 is 0 Å². The summed E-state index contributed by atoms with van der Waals surface area (Å²) in [4.78, 5) is 3.93. The summed E-state index contributed by atoms with van der Waals surface area (Å²) >= 11 is 0. The summed E-state index contributed by atoms with van der Waals surface area (Å²) in [5.74, 6) is 0. The maximum absolute atomic E-state index is 8.99. The van der Waals surface area contributed by atoms with E-state index in [9.17, 15) is 0 Å². The fraction of sp³-hybridized carbons (Fsp3) is 0.467. The number of aliphatic hydroxyl groups is 1. The lowest BCUT2D eigenvalue weighted by molar-refractivity contribution is 0.282. The van der Waals surface area contributed by atoms with E-state index in [-0.39, 0.29) is 6.61 Å². The summed E-state index contributed by atoms with van der Waals surface area (Å²) in [6, 6.07) is 8.56. The van der Waals surface area contributed by atoms with Crippen LogP contribution in [0.3, 0.4) is 0 Å². The highest BCUT2D eigenvalue weighted by Crippen LogP contribution is 2.05. The molecule has 2 N–H and O–H groups in total. The van der Waals surface area contributed by atoms with Crippen LogP contribution in [0, 0.1) is 0 Å². The maximum atomic E-state index is 8.99. The van der Waals surface area contributed by atoms with Crippen molar-refractivity contribution in [2.75, 3.05) is 6.54 Å². The van der Waals surface area contributed by atoms with E-state index in [0.717, 1.165) is 31.5 Å². The number of hydrogen-bond donors (Lipinski definition) is 2. The topological polar surface area (TPSA) is 63.0 Å². The molecule has 0 amide bonds. The zero-order valence-corrected chi connectivity index (χ0v) is 11.9. The van der Waals surface area contributed by atoms with Crippen LogP contribution >= 0.6 is 0 Å². The van der Waals surface area contributed by atoms with Gasteiger partial charge in [-0.3, -0.25) is 4.68 Å². The van der Waals surface area contributed by atoms with Crippen LogP contribution in [0.1, 0.15) is 24.5 Å². The van der Waals surface area contributed by atoms with Gasteiger partial charge in [0.15, 0.2) is 0 Å². The van der Waals surface area contributed by atoms with Crippen molar-refractivity contribution < 1.29 is 5.11 Å². The van der Waals surface area contributed by atoms with Gasteiger partial charge in [-0.05, 0) is 37.4 Å². The average molecular weight is 274 g/mol. The van der Waals surface area contributed by atoms with E-state index in [1.54, 1.807) is 12.7 Å². The van der Waals surface area contributed by atoms with E-state index in [0.29, 0.717) is 6.04 Å². The van der Waals surface area contributed by atoms with Crippen LogP contribution in [-0.4, -0.2) is 32.5 Å². The molecule has 0 aliphatic rings.